The first kappa shape index (κ1) is 26.9. The summed E-state index contributed by atoms with van der Waals surface area (Å²) in [4.78, 5) is 56.5. The third-order valence-corrected chi connectivity index (χ3v) is 5.60. The van der Waals surface area contributed by atoms with E-state index < -0.39 is 41.8 Å². The maximum absolute atomic E-state index is 13.1. The quantitative estimate of drug-likeness (QED) is 0.204. The topological polar surface area (TPSA) is 179 Å². The predicted octanol–water partition coefficient (Wildman–Crippen LogP) is -0.554. The highest BCUT2D eigenvalue weighted by Crippen LogP contribution is 2.07. The Morgan fingerprint density at radius 2 is 1.68 bits per heavy atom. The monoisotopic (exact) mass is 490 g/mol. The van der Waals surface area contributed by atoms with Crippen molar-refractivity contribution in [3.63, 3.8) is 0 Å². The van der Waals surface area contributed by atoms with Gasteiger partial charge in [0.05, 0.1) is 12.9 Å². The number of aromatic nitrogens is 2. The van der Waals surface area contributed by atoms with Gasteiger partial charge in [-0.1, -0.05) is 30.3 Å². The summed E-state index contributed by atoms with van der Waals surface area (Å²) in [5, 5.41) is 17.2. The lowest BCUT2D eigenvalue weighted by atomic mass is 10.0. The lowest BCUT2D eigenvalue weighted by Crippen LogP contribution is -2.57. The molecule has 34 heavy (non-hydrogen) atoms. The predicted molar refractivity (Wildman–Crippen MR) is 128 cm³/mol. The van der Waals surface area contributed by atoms with Crippen LogP contribution in [0.1, 0.15) is 17.7 Å². The Balaban J connectivity index is 2.21. The van der Waals surface area contributed by atoms with Gasteiger partial charge in [-0.15, -0.1) is 0 Å². The van der Waals surface area contributed by atoms with Gasteiger partial charge >= 0.3 is 5.97 Å². The maximum atomic E-state index is 13.1. The van der Waals surface area contributed by atoms with Crippen LogP contribution in [0.25, 0.3) is 0 Å². The van der Waals surface area contributed by atoms with Gasteiger partial charge in [0.15, 0.2) is 0 Å². The molecule has 12 heteroatoms. The second kappa shape index (κ2) is 14.0. The van der Waals surface area contributed by atoms with Crippen molar-refractivity contribution in [1.29, 1.82) is 0 Å². The maximum Gasteiger partial charge on any atom is 0.326 e. The van der Waals surface area contributed by atoms with Crippen molar-refractivity contribution in [3.8, 4) is 0 Å². The molecule has 0 aliphatic rings. The number of hydrogen-bond acceptors (Lipinski definition) is 7. The molecule has 0 saturated carbocycles. The van der Waals surface area contributed by atoms with E-state index in [9.17, 15) is 24.3 Å². The summed E-state index contributed by atoms with van der Waals surface area (Å²) in [5.74, 6) is -2.38. The van der Waals surface area contributed by atoms with E-state index in [1.807, 2.05) is 12.3 Å². The van der Waals surface area contributed by atoms with Crippen LogP contribution in [0, 0.1) is 0 Å². The molecule has 11 nitrogen and oxygen atoms in total. The second-order valence-corrected chi connectivity index (χ2v) is 8.52. The van der Waals surface area contributed by atoms with Gasteiger partial charge in [-0.05, 0) is 24.0 Å². The van der Waals surface area contributed by atoms with Crippen LogP contribution in [0.2, 0.25) is 0 Å². The zero-order valence-electron chi connectivity index (χ0n) is 18.8. The van der Waals surface area contributed by atoms with E-state index in [2.05, 4.69) is 25.9 Å². The molecule has 0 aliphatic carbocycles. The Hall–Kier alpha value is -3.38. The smallest absolute Gasteiger partial charge is 0.326 e. The summed E-state index contributed by atoms with van der Waals surface area (Å²) >= 11 is 1.47. The SMILES string of the molecule is CSCCC(NC(=O)C(Cc1ccccc1)NC(=O)C(Cc1cnc[nH]1)NC(=O)CN)C(=O)O. The molecule has 1 aromatic carbocycles. The highest BCUT2D eigenvalue weighted by molar-refractivity contribution is 7.98. The number of carboxylic acid groups (broad SMARTS) is 1. The molecular weight excluding hydrogens is 460 g/mol. The molecule has 1 aromatic heterocycles. The normalized spacial score (nSPS) is 13.4. The van der Waals surface area contributed by atoms with Crippen LogP contribution in [-0.4, -0.2) is 75.4 Å². The molecule has 0 fully saturated rings. The Morgan fingerprint density at radius 3 is 2.24 bits per heavy atom. The van der Waals surface area contributed by atoms with Crippen molar-refractivity contribution >= 4 is 35.5 Å². The summed E-state index contributed by atoms with van der Waals surface area (Å²) in [6.07, 6.45) is 5.28. The standard InChI is InChI=1S/C22H30N6O5S/c1-34-8-7-16(22(32)33)27-20(30)17(9-14-5-3-2-4-6-14)28-21(31)18(26-19(29)11-23)10-15-12-24-13-25-15/h2-6,12-13,16-18H,7-11,23H2,1H3,(H,24,25)(H,26,29)(H,27,30)(H,28,31)(H,32,33). The highest BCUT2D eigenvalue weighted by atomic mass is 32.2. The number of aliphatic carboxylic acids is 1. The second-order valence-electron chi connectivity index (χ2n) is 7.54. The fourth-order valence-corrected chi connectivity index (χ4v) is 3.65. The molecule has 3 atom stereocenters. The van der Waals surface area contributed by atoms with Crippen molar-refractivity contribution in [2.24, 2.45) is 5.73 Å². The zero-order valence-corrected chi connectivity index (χ0v) is 19.6. The van der Waals surface area contributed by atoms with Gasteiger partial charge in [-0.25, -0.2) is 9.78 Å². The van der Waals surface area contributed by atoms with E-state index in [4.69, 9.17) is 5.73 Å². The van der Waals surface area contributed by atoms with Crippen LogP contribution < -0.4 is 21.7 Å². The van der Waals surface area contributed by atoms with E-state index in [0.29, 0.717) is 11.4 Å². The molecule has 2 rings (SSSR count). The minimum Gasteiger partial charge on any atom is -0.480 e. The summed E-state index contributed by atoms with van der Waals surface area (Å²) < 4.78 is 0. The Labute approximate surface area is 201 Å². The average Bonchev–Trinajstić information content (AvgIpc) is 3.34. The number of carbonyl (C=O) groups is 4. The summed E-state index contributed by atoms with van der Waals surface area (Å²) in [7, 11) is 0. The van der Waals surface area contributed by atoms with Crippen LogP contribution in [0.3, 0.4) is 0 Å². The first-order chi connectivity index (χ1) is 16.3. The lowest BCUT2D eigenvalue weighted by molar-refractivity contribution is -0.142. The largest absolute Gasteiger partial charge is 0.480 e. The van der Waals surface area contributed by atoms with Crippen LogP contribution in [0.15, 0.2) is 42.9 Å². The highest BCUT2D eigenvalue weighted by Gasteiger charge is 2.30. The van der Waals surface area contributed by atoms with E-state index in [1.165, 1.54) is 24.3 Å². The van der Waals surface area contributed by atoms with Gasteiger partial charge < -0.3 is 31.8 Å². The molecule has 0 spiro atoms. The Bertz CT molecular complexity index is 941. The molecule has 0 bridgehead atoms. The summed E-state index contributed by atoms with van der Waals surface area (Å²) in [6.45, 7) is -0.309. The third kappa shape index (κ3) is 8.87. The molecular formula is C22H30N6O5S. The van der Waals surface area contributed by atoms with Gasteiger partial charge in [0.2, 0.25) is 17.7 Å². The van der Waals surface area contributed by atoms with E-state index in [-0.39, 0.29) is 25.8 Å². The molecule has 3 amide bonds. The fraction of sp³-hybridized carbons (Fsp3) is 0.409. The molecule has 3 unspecified atom stereocenters. The molecule has 1 heterocycles. The minimum absolute atomic E-state index is 0.0999. The zero-order chi connectivity index (χ0) is 24.9. The van der Waals surface area contributed by atoms with Gasteiger partial charge in [0.1, 0.15) is 18.1 Å². The average molecular weight is 491 g/mol. The number of nitrogens with one attached hydrogen (secondary N) is 4. The van der Waals surface area contributed by atoms with Crippen LogP contribution >= 0.6 is 11.8 Å². The molecule has 7 N–H and O–H groups in total. The number of benzene rings is 1. The number of amides is 3. The van der Waals surface area contributed by atoms with E-state index in [1.54, 1.807) is 24.3 Å². The van der Waals surface area contributed by atoms with Crippen LogP contribution in [0.4, 0.5) is 0 Å². The number of hydrogen-bond donors (Lipinski definition) is 6. The molecule has 0 radical (unpaired) electrons. The number of imidazole rings is 1. The number of carboxylic acids is 1. The van der Waals surface area contributed by atoms with Crippen molar-refractivity contribution < 1.29 is 24.3 Å². The molecule has 184 valence electrons. The van der Waals surface area contributed by atoms with E-state index in [0.717, 1.165) is 5.56 Å². The Morgan fingerprint density at radius 1 is 1.03 bits per heavy atom. The van der Waals surface area contributed by atoms with Gasteiger partial charge in [0, 0.05) is 24.7 Å². The molecule has 0 aliphatic heterocycles. The van der Waals surface area contributed by atoms with Crippen molar-refractivity contribution in [3.05, 3.63) is 54.1 Å². The third-order valence-electron chi connectivity index (χ3n) is 4.96. The first-order valence-electron chi connectivity index (χ1n) is 10.7. The first-order valence-corrected chi connectivity index (χ1v) is 12.1. The number of aromatic amines is 1. The van der Waals surface area contributed by atoms with Crippen LogP contribution in [0.5, 0.6) is 0 Å². The van der Waals surface area contributed by atoms with Gasteiger partial charge in [-0.3, -0.25) is 14.4 Å². The van der Waals surface area contributed by atoms with Gasteiger partial charge in [0.25, 0.3) is 0 Å². The lowest BCUT2D eigenvalue weighted by Gasteiger charge is -2.24. The summed E-state index contributed by atoms with van der Waals surface area (Å²) in [5.41, 5.74) is 6.76. The number of nitrogens with two attached hydrogens (primary N) is 1. The molecule has 0 saturated heterocycles. The number of H-pyrrole nitrogens is 1. The Kier molecular flexibility index (Phi) is 11.1. The number of rotatable bonds is 14. The van der Waals surface area contributed by atoms with Crippen molar-refractivity contribution in [2.45, 2.75) is 37.4 Å². The number of thioether (sulfide) groups is 1. The minimum atomic E-state index is -1.15. The number of nitrogens with zero attached hydrogens (tertiary/aromatic N) is 1. The van der Waals surface area contributed by atoms with Crippen molar-refractivity contribution in [1.82, 2.24) is 25.9 Å². The fourth-order valence-electron chi connectivity index (χ4n) is 3.18. The van der Waals surface area contributed by atoms with E-state index >= 15 is 0 Å². The number of carbonyl (C=O) groups excluding carboxylic acids is 3. The van der Waals surface area contributed by atoms with Crippen molar-refractivity contribution in [2.75, 3.05) is 18.6 Å². The summed E-state index contributed by atoms with van der Waals surface area (Å²) in [6, 6.07) is 5.84. The molecule has 2 aromatic rings. The van der Waals surface area contributed by atoms with Crippen LogP contribution in [-0.2, 0) is 32.0 Å². The van der Waals surface area contributed by atoms with Gasteiger partial charge in [-0.2, -0.15) is 11.8 Å².